The molecule has 0 saturated carbocycles. The Morgan fingerprint density at radius 2 is 1.86 bits per heavy atom. The zero-order chi connectivity index (χ0) is 25.2. The summed E-state index contributed by atoms with van der Waals surface area (Å²) in [6.45, 7) is 2.41. The molecule has 0 aliphatic heterocycles. The van der Waals surface area contributed by atoms with Gasteiger partial charge in [-0.1, -0.05) is 30.9 Å². The predicted molar refractivity (Wildman–Crippen MR) is 137 cm³/mol. The number of nitrogens with zero attached hydrogens (tertiary/aromatic N) is 2. The predicted octanol–water partition coefficient (Wildman–Crippen LogP) is 3.51. The standard InChI is InChI=1S/C27H27N5O3/c1-2-19-8-9-22(27(35)32(17-14-25(33)34)24-7-3-4-15-31-24)18-21(19)6-5-16-30-23-12-10-20(11-13-23)26(28)29/h3-4,7-13,15,18,30H,2,14,16-17H2,1H3,(H3,28,29)(H,33,34). The van der Waals surface area contributed by atoms with Crippen LogP contribution in [0.1, 0.15) is 40.4 Å². The molecule has 0 bridgehead atoms. The van der Waals surface area contributed by atoms with E-state index in [2.05, 4.69) is 22.1 Å². The van der Waals surface area contributed by atoms with Gasteiger partial charge in [-0.2, -0.15) is 0 Å². The van der Waals surface area contributed by atoms with Gasteiger partial charge in [-0.15, -0.1) is 0 Å². The van der Waals surface area contributed by atoms with E-state index in [-0.39, 0.29) is 24.7 Å². The minimum atomic E-state index is -0.991. The summed E-state index contributed by atoms with van der Waals surface area (Å²) >= 11 is 0. The maximum Gasteiger partial charge on any atom is 0.305 e. The van der Waals surface area contributed by atoms with E-state index in [9.17, 15) is 9.59 Å². The normalized spacial score (nSPS) is 10.1. The molecule has 5 N–H and O–H groups in total. The van der Waals surface area contributed by atoms with E-state index in [1.54, 1.807) is 48.7 Å². The van der Waals surface area contributed by atoms with Crippen molar-refractivity contribution in [3.05, 3.63) is 89.1 Å². The summed E-state index contributed by atoms with van der Waals surface area (Å²) in [6, 6.07) is 17.7. The average molecular weight is 470 g/mol. The first-order valence-corrected chi connectivity index (χ1v) is 11.1. The number of carboxylic acid groups (broad SMARTS) is 1. The van der Waals surface area contributed by atoms with Crippen LogP contribution in [0.25, 0.3) is 0 Å². The lowest BCUT2D eigenvalue weighted by atomic mass is 10.0. The minimum absolute atomic E-state index is 0.00800. The molecule has 0 saturated heterocycles. The summed E-state index contributed by atoms with van der Waals surface area (Å²) in [5.41, 5.74) is 9.15. The molecule has 2 aromatic carbocycles. The molecule has 0 aliphatic rings. The number of carbonyl (C=O) groups is 2. The summed E-state index contributed by atoms with van der Waals surface area (Å²) in [5.74, 6) is 5.31. The third kappa shape index (κ3) is 6.92. The maximum absolute atomic E-state index is 13.3. The number of aromatic nitrogens is 1. The van der Waals surface area contributed by atoms with E-state index in [4.69, 9.17) is 16.2 Å². The fourth-order valence-electron chi connectivity index (χ4n) is 3.38. The van der Waals surface area contributed by atoms with Crippen molar-refractivity contribution in [1.82, 2.24) is 4.98 Å². The van der Waals surface area contributed by atoms with Crippen molar-refractivity contribution < 1.29 is 14.7 Å². The maximum atomic E-state index is 13.3. The Kier molecular flexibility index (Phi) is 8.57. The number of carboxylic acids is 1. The first-order chi connectivity index (χ1) is 16.9. The Balaban J connectivity index is 1.78. The van der Waals surface area contributed by atoms with Gasteiger partial charge in [0.25, 0.3) is 5.91 Å². The zero-order valence-corrected chi connectivity index (χ0v) is 19.4. The van der Waals surface area contributed by atoms with Gasteiger partial charge in [-0.05, 0) is 60.5 Å². The van der Waals surface area contributed by atoms with E-state index in [1.807, 2.05) is 25.1 Å². The largest absolute Gasteiger partial charge is 0.481 e. The third-order valence-electron chi connectivity index (χ3n) is 5.26. The average Bonchev–Trinajstić information content (AvgIpc) is 2.87. The molecule has 1 aromatic heterocycles. The molecule has 0 radical (unpaired) electrons. The quantitative estimate of drug-likeness (QED) is 0.215. The number of pyridine rings is 1. The van der Waals surface area contributed by atoms with Gasteiger partial charge in [0.15, 0.2) is 0 Å². The van der Waals surface area contributed by atoms with Crippen LogP contribution in [-0.4, -0.2) is 40.9 Å². The topological polar surface area (TPSA) is 132 Å². The second kappa shape index (κ2) is 12.0. The van der Waals surface area contributed by atoms with Crippen molar-refractivity contribution in [3.8, 4) is 11.8 Å². The Hall–Kier alpha value is -4.64. The second-order valence-corrected chi connectivity index (χ2v) is 7.66. The number of rotatable bonds is 9. The van der Waals surface area contributed by atoms with Crippen molar-refractivity contribution in [2.24, 2.45) is 5.73 Å². The molecule has 0 fully saturated rings. The summed E-state index contributed by atoms with van der Waals surface area (Å²) in [4.78, 5) is 30.0. The number of hydrogen-bond donors (Lipinski definition) is 4. The molecular formula is C27H27N5O3. The molecule has 35 heavy (non-hydrogen) atoms. The highest BCUT2D eigenvalue weighted by Crippen LogP contribution is 2.18. The van der Waals surface area contributed by atoms with Crippen LogP contribution in [0.15, 0.2) is 66.9 Å². The number of nitrogens with one attached hydrogen (secondary N) is 2. The van der Waals surface area contributed by atoms with Gasteiger partial charge in [-0.25, -0.2) is 4.98 Å². The van der Waals surface area contributed by atoms with Gasteiger partial charge in [0, 0.05) is 35.1 Å². The molecule has 8 nitrogen and oxygen atoms in total. The van der Waals surface area contributed by atoms with Gasteiger partial charge in [0.1, 0.15) is 11.7 Å². The number of nitrogens with two attached hydrogens (primary N) is 1. The number of amidine groups is 1. The van der Waals surface area contributed by atoms with Crippen LogP contribution in [0.4, 0.5) is 11.5 Å². The number of anilines is 2. The smallest absolute Gasteiger partial charge is 0.305 e. The number of aryl methyl sites for hydroxylation is 1. The van der Waals surface area contributed by atoms with Crippen molar-refractivity contribution in [2.75, 3.05) is 23.3 Å². The number of benzene rings is 2. The number of amides is 1. The van der Waals surface area contributed by atoms with Crippen LogP contribution in [0, 0.1) is 17.3 Å². The zero-order valence-electron chi connectivity index (χ0n) is 19.4. The van der Waals surface area contributed by atoms with Crippen LogP contribution in [0.3, 0.4) is 0 Å². The van der Waals surface area contributed by atoms with Crippen LogP contribution < -0.4 is 16.0 Å². The SMILES string of the molecule is CCc1ccc(C(=O)N(CCC(=O)O)c2ccccn2)cc1C#CCNc1ccc(C(=N)N)cc1. The Bertz CT molecular complexity index is 1260. The van der Waals surface area contributed by atoms with Crippen molar-refractivity contribution in [1.29, 1.82) is 5.41 Å². The fraction of sp³-hybridized carbons (Fsp3) is 0.185. The van der Waals surface area contributed by atoms with E-state index in [0.29, 0.717) is 23.5 Å². The van der Waals surface area contributed by atoms with Crippen LogP contribution in [0.5, 0.6) is 0 Å². The van der Waals surface area contributed by atoms with Crippen LogP contribution in [-0.2, 0) is 11.2 Å². The summed E-state index contributed by atoms with van der Waals surface area (Å²) in [7, 11) is 0. The molecule has 3 aromatic rings. The van der Waals surface area contributed by atoms with E-state index in [0.717, 1.165) is 23.2 Å². The molecule has 0 spiro atoms. The highest BCUT2D eigenvalue weighted by Gasteiger charge is 2.20. The molecule has 3 rings (SSSR count). The molecular weight excluding hydrogens is 442 g/mol. The molecule has 0 atom stereocenters. The highest BCUT2D eigenvalue weighted by atomic mass is 16.4. The number of aliphatic carboxylic acids is 1. The Morgan fingerprint density at radius 3 is 2.49 bits per heavy atom. The van der Waals surface area contributed by atoms with Crippen molar-refractivity contribution in [3.63, 3.8) is 0 Å². The molecule has 178 valence electrons. The monoisotopic (exact) mass is 469 g/mol. The number of nitrogen functional groups attached to an aromatic ring is 1. The van der Waals surface area contributed by atoms with Crippen LogP contribution in [0.2, 0.25) is 0 Å². The van der Waals surface area contributed by atoms with Gasteiger partial charge in [0.2, 0.25) is 0 Å². The van der Waals surface area contributed by atoms with E-state index < -0.39 is 5.97 Å². The van der Waals surface area contributed by atoms with Gasteiger partial charge in [0.05, 0.1) is 13.0 Å². The van der Waals surface area contributed by atoms with Gasteiger partial charge < -0.3 is 16.2 Å². The van der Waals surface area contributed by atoms with Crippen molar-refractivity contribution >= 4 is 29.2 Å². The molecule has 1 amide bonds. The lowest BCUT2D eigenvalue weighted by Crippen LogP contribution is -2.33. The first kappa shape index (κ1) is 25.0. The van der Waals surface area contributed by atoms with E-state index >= 15 is 0 Å². The third-order valence-corrected chi connectivity index (χ3v) is 5.26. The van der Waals surface area contributed by atoms with Crippen molar-refractivity contribution in [2.45, 2.75) is 19.8 Å². The Morgan fingerprint density at radius 1 is 1.11 bits per heavy atom. The minimum Gasteiger partial charge on any atom is -0.481 e. The second-order valence-electron chi connectivity index (χ2n) is 7.66. The van der Waals surface area contributed by atoms with Gasteiger partial charge >= 0.3 is 5.97 Å². The molecule has 0 unspecified atom stereocenters. The number of hydrogen-bond acceptors (Lipinski definition) is 5. The highest BCUT2D eigenvalue weighted by molar-refractivity contribution is 6.06. The summed E-state index contributed by atoms with van der Waals surface area (Å²) < 4.78 is 0. The fourth-order valence-corrected chi connectivity index (χ4v) is 3.38. The molecule has 1 heterocycles. The van der Waals surface area contributed by atoms with E-state index in [1.165, 1.54) is 4.90 Å². The summed E-state index contributed by atoms with van der Waals surface area (Å²) in [5, 5.41) is 19.8. The van der Waals surface area contributed by atoms with Crippen LogP contribution >= 0.6 is 0 Å². The Labute approximate surface area is 204 Å². The lowest BCUT2D eigenvalue weighted by Gasteiger charge is -2.21. The summed E-state index contributed by atoms with van der Waals surface area (Å²) in [6.07, 6.45) is 2.12. The first-order valence-electron chi connectivity index (χ1n) is 11.1. The molecule has 0 aliphatic carbocycles. The molecule has 8 heteroatoms. The van der Waals surface area contributed by atoms with Gasteiger partial charge in [-0.3, -0.25) is 19.9 Å². The number of carbonyl (C=O) groups excluding carboxylic acids is 1. The lowest BCUT2D eigenvalue weighted by molar-refractivity contribution is -0.136.